The van der Waals surface area contributed by atoms with Crippen LogP contribution >= 0.6 is 0 Å². The number of anilines is 1. The van der Waals surface area contributed by atoms with Gasteiger partial charge in [-0.3, -0.25) is 4.79 Å². The molecular formula is C20H28F3N3O. The highest BCUT2D eigenvalue weighted by atomic mass is 19.4. The van der Waals surface area contributed by atoms with Gasteiger partial charge in [0, 0.05) is 37.9 Å². The number of rotatable bonds is 3. The topological polar surface area (TPSA) is 49.6 Å². The van der Waals surface area contributed by atoms with Crippen molar-refractivity contribution in [3.8, 4) is 0 Å². The standard InChI is InChI=1S/C20H28F3N3O/c1-14(2)19(7-6-16(24)13-19)18(27)26-10-8-25(9-11-26)17-5-3-4-15(12-17)20(21,22)23/h3-5,12,14,16H,6-11,13,24H2,1-2H3/t16-,19?/m1/s1. The molecule has 0 aromatic heterocycles. The van der Waals surface area contributed by atoms with E-state index in [0.717, 1.165) is 25.3 Å². The molecule has 1 amide bonds. The minimum atomic E-state index is -4.35. The maximum atomic E-state index is 13.2. The van der Waals surface area contributed by atoms with Gasteiger partial charge in [0.25, 0.3) is 0 Å². The van der Waals surface area contributed by atoms with Gasteiger partial charge in [0.15, 0.2) is 0 Å². The van der Waals surface area contributed by atoms with Gasteiger partial charge in [-0.2, -0.15) is 13.2 Å². The van der Waals surface area contributed by atoms with E-state index in [1.807, 2.05) is 9.80 Å². The second-order valence-corrected chi connectivity index (χ2v) is 8.14. The summed E-state index contributed by atoms with van der Waals surface area (Å²) in [6.45, 7) is 6.28. The second kappa shape index (κ2) is 7.34. The lowest BCUT2D eigenvalue weighted by Gasteiger charge is -2.42. The molecule has 1 saturated carbocycles. The number of nitrogens with two attached hydrogens (primary N) is 1. The van der Waals surface area contributed by atoms with Gasteiger partial charge >= 0.3 is 6.18 Å². The molecule has 1 saturated heterocycles. The molecule has 0 bridgehead atoms. The molecule has 2 atom stereocenters. The Morgan fingerprint density at radius 2 is 1.89 bits per heavy atom. The van der Waals surface area contributed by atoms with E-state index in [2.05, 4.69) is 13.8 Å². The maximum Gasteiger partial charge on any atom is 0.416 e. The Hall–Kier alpha value is -1.76. The van der Waals surface area contributed by atoms with Gasteiger partial charge < -0.3 is 15.5 Å². The summed E-state index contributed by atoms with van der Waals surface area (Å²) in [5.41, 5.74) is 5.61. The van der Waals surface area contributed by atoms with E-state index >= 15 is 0 Å². The molecule has 2 fully saturated rings. The minimum absolute atomic E-state index is 0.0720. The van der Waals surface area contributed by atoms with Crippen LogP contribution in [0.25, 0.3) is 0 Å². The third-order valence-corrected chi connectivity index (χ3v) is 6.22. The van der Waals surface area contributed by atoms with Gasteiger partial charge in [-0.25, -0.2) is 0 Å². The number of hydrogen-bond acceptors (Lipinski definition) is 3. The summed E-state index contributed by atoms with van der Waals surface area (Å²) in [4.78, 5) is 17.0. The summed E-state index contributed by atoms with van der Waals surface area (Å²) < 4.78 is 38.8. The lowest BCUT2D eigenvalue weighted by atomic mass is 9.74. The monoisotopic (exact) mass is 383 g/mol. The van der Waals surface area contributed by atoms with Crippen molar-refractivity contribution in [2.75, 3.05) is 31.1 Å². The Balaban J connectivity index is 1.68. The molecule has 2 aliphatic rings. The van der Waals surface area contributed by atoms with Crippen LogP contribution < -0.4 is 10.6 Å². The van der Waals surface area contributed by atoms with E-state index in [-0.39, 0.29) is 17.9 Å². The molecule has 1 heterocycles. The van der Waals surface area contributed by atoms with E-state index in [4.69, 9.17) is 5.73 Å². The van der Waals surface area contributed by atoms with Crippen molar-refractivity contribution in [1.82, 2.24) is 4.90 Å². The third kappa shape index (κ3) is 3.93. The number of piperazine rings is 1. The maximum absolute atomic E-state index is 13.2. The summed E-state index contributed by atoms with van der Waals surface area (Å²) in [7, 11) is 0. The quantitative estimate of drug-likeness (QED) is 0.869. The summed E-state index contributed by atoms with van der Waals surface area (Å²) in [5, 5.41) is 0. The molecule has 1 aromatic rings. The zero-order chi connectivity index (χ0) is 19.8. The average molecular weight is 383 g/mol. The molecule has 3 rings (SSSR count). The molecule has 2 N–H and O–H groups in total. The lowest BCUT2D eigenvalue weighted by Crippen LogP contribution is -2.54. The largest absolute Gasteiger partial charge is 0.416 e. The number of carbonyl (C=O) groups excluding carboxylic acids is 1. The van der Waals surface area contributed by atoms with E-state index in [0.29, 0.717) is 31.9 Å². The highest BCUT2D eigenvalue weighted by molar-refractivity contribution is 5.84. The van der Waals surface area contributed by atoms with Crippen LogP contribution in [-0.4, -0.2) is 43.0 Å². The molecule has 1 aromatic carbocycles. The summed E-state index contributed by atoms with van der Waals surface area (Å²) in [6, 6.07) is 5.46. The van der Waals surface area contributed by atoms with E-state index in [1.165, 1.54) is 12.1 Å². The smallest absolute Gasteiger partial charge is 0.368 e. The summed E-state index contributed by atoms with van der Waals surface area (Å²) in [6.07, 6.45) is -1.94. The predicted molar refractivity (Wildman–Crippen MR) is 99.3 cm³/mol. The Labute approximate surface area is 158 Å². The fourth-order valence-electron chi connectivity index (χ4n) is 4.44. The number of nitrogens with zero attached hydrogens (tertiary/aromatic N) is 2. The van der Waals surface area contributed by atoms with Crippen molar-refractivity contribution < 1.29 is 18.0 Å². The van der Waals surface area contributed by atoms with Crippen LogP contribution in [0.3, 0.4) is 0 Å². The van der Waals surface area contributed by atoms with Gasteiger partial charge in [-0.1, -0.05) is 19.9 Å². The van der Waals surface area contributed by atoms with E-state index in [1.54, 1.807) is 6.07 Å². The average Bonchev–Trinajstić information content (AvgIpc) is 3.04. The molecule has 0 spiro atoms. The summed E-state index contributed by atoms with van der Waals surface area (Å²) >= 11 is 0. The molecule has 27 heavy (non-hydrogen) atoms. The Bertz CT molecular complexity index is 683. The zero-order valence-corrected chi connectivity index (χ0v) is 15.9. The Morgan fingerprint density at radius 1 is 1.22 bits per heavy atom. The second-order valence-electron chi connectivity index (χ2n) is 8.14. The summed E-state index contributed by atoms with van der Waals surface area (Å²) in [5.74, 6) is 0.384. The molecule has 150 valence electrons. The van der Waals surface area contributed by atoms with Crippen LogP contribution in [0, 0.1) is 11.3 Å². The number of alkyl halides is 3. The first-order valence-corrected chi connectivity index (χ1v) is 9.60. The van der Waals surface area contributed by atoms with Crippen LogP contribution in [0.2, 0.25) is 0 Å². The van der Waals surface area contributed by atoms with Crippen LogP contribution in [0.15, 0.2) is 24.3 Å². The third-order valence-electron chi connectivity index (χ3n) is 6.22. The number of benzene rings is 1. The first-order valence-electron chi connectivity index (χ1n) is 9.60. The fourth-order valence-corrected chi connectivity index (χ4v) is 4.44. The number of halogens is 3. The van der Waals surface area contributed by atoms with Crippen molar-refractivity contribution >= 4 is 11.6 Å². The van der Waals surface area contributed by atoms with Crippen LogP contribution in [0.5, 0.6) is 0 Å². The van der Waals surface area contributed by atoms with Gasteiger partial charge in [-0.05, 0) is 43.4 Å². The number of hydrogen-bond donors (Lipinski definition) is 1. The number of carbonyl (C=O) groups is 1. The van der Waals surface area contributed by atoms with E-state index < -0.39 is 17.2 Å². The van der Waals surface area contributed by atoms with Crippen molar-refractivity contribution in [1.29, 1.82) is 0 Å². The first-order chi connectivity index (χ1) is 12.6. The van der Waals surface area contributed by atoms with Crippen molar-refractivity contribution in [3.05, 3.63) is 29.8 Å². The number of amides is 1. The van der Waals surface area contributed by atoms with E-state index in [9.17, 15) is 18.0 Å². The molecule has 0 radical (unpaired) electrons. The van der Waals surface area contributed by atoms with Gasteiger partial charge in [-0.15, -0.1) is 0 Å². The minimum Gasteiger partial charge on any atom is -0.368 e. The normalized spacial score (nSPS) is 26.7. The first kappa shape index (κ1) is 20.0. The fraction of sp³-hybridized carbons (Fsp3) is 0.650. The molecule has 4 nitrogen and oxygen atoms in total. The molecule has 1 aliphatic carbocycles. The lowest BCUT2D eigenvalue weighted by molar-refractivity contribution is -0.145. The molecule has 1 aliphatic heterocycles. The predicted octanol–water partition coefficient (Wildman–Crippen LogP) is 3.51. The SMILES string of the molecule is CC(C)C1(C(=O)N2CCN(c3cccc(C(F)(F)F)c3)CC2)CC[C@@H](N)C1. The van der Waals surface area contributed by atoms with Gasteiger partial charge in [0.05, 0.1) is 11.0 Å². The van der Waals surface area contributed by atoms with Gasteiger partial charge in [0.1, 0.15) is 0 Å². The van der Waals surface area contributed by atoms with Crippen molar-refractivity contribution in [2.45, 2.75) is 45.3 Å². The van der Waals surface area contributed by atoms with Crippen LogP contribution in [0.4, 0.5) is 18.9 Å². The molecular weight excluding hydrogens is 355 g/mol. The molecule has 1 unspecified atom stereocenters. The van der Waals surface area contributed by atoms with Crippen molar-refractivity contribution in [2.24, 2.45) is 17.1 Å². The Morgan fingerprint density at radius 3 is 2.41 bits per heavy atom. The van der Waals surface area contributed by atoms with Crippen LogP contribution in [-0.2, 0) is 11.0 Å². The highest BCUT2D eigenvalue weighted by Crippen LogP contribution is 2.45. The Kier molecular flexibility index (Phi) is 5.43. The zero-order valence-electron chi connectivity index (χ0n) is 15.9. The highest BCUT2D eigenvalue weighted by Gasteiger charge is 2.48. The van der Waals surface area contributed by atoms with Gasteiger partial charge in [0.2, 0.25) is 5.91 Å². The van der Waals surface area contributed by atoms with Crippen LogP contribution in [0.1, 0.15) is 38.7 Å². The van der Waals surface area contributed by atoms with Crippen molar-refractivity contribution in [3.63, 3.8) is 0 Å². The molecule has 7 heteroatoms.